The number of nitrogens with one attached hydrogen (secondary N) is 2. The average molecular weight is 458 g/mol. The molecule has 2 N–H and O–H groups in total. The molecule has 1 amide bonds. The minimum Gasteiger partial charge on any atom is -0.354 e. The van der Waals surface area contributed by atoms with Crippen molar-refractivity contribution in [2.45, 2.75) is 45.2 Å². The van der Waals surface area contributed by atoms with E-state index in [-0.39, 0.29) is 29.9 Å². The quantitative estimate of drug-likeness (QED) is 0.414. The zero-order valence-electron chi connectivity index (χ0n) is 15.7. The number of hydrogen-bond acceptors (Lipinski definition) is 2. The second kappa shape index (κ2) is 10.6. The highest BCUT2D eigenvalue weighted by Crippen LogP contribution is 2.23. The molecule has 0 atom stereocenters. The van der Waals surface area contributed by atoms with Crippen LogP contribution >= 0.6 is 24.0 Å². The maximum atomic E-state index is 11.9. The molecule has 1 fully saturated rings. The van der Waals surface area contributed by atoms with Crippen LogP contribution in [0, 0.1) is 5.92 Å². The van der Waals surface area contributed by atoms with Crippen molar-refractivity contribution >= 4 is 35.8 Å². The van der Waals surface area contributed by atoms with Crippen LogP contribution in [0.15, 0.2) is 29.3 Å². The molecule has 25 heavy (non-hydrogen) atoms. The van der Waals surface area contributed by atoms with E-state index in [0.717, 1.165) is 17.4 Å². The van der Waals surface area contributed by atoms with E-state index in [0.29, 0.717) is 18.2 Å². The molecule has 1 aromatic rings. The second-order valence-corrected chi connectivity index (χ2v) is 6.92. The van der Waals surface area contributed by atoms with Crippen LogP contribution in [0.2, 0.25) is 0 Å². The molecule has 0 heterocycles. The van der Waals surface area contributed by atoms with Crippen LogP contribution in [0.3, 0.4) is 0 Å². The summed E-state index contributed by atoms with van der Waals surface area (Å²) in [5.41, 5.74) is 1.84. The number of halogens is 1. The van der Waals surface area contributed by atoms with E-state index in [4.69, 9.17) is 0 Å². The van der Waals surface area contributed by atoms with Crippen LogP contribution in [0.1, 0.15) is 48.5 Å². The third-order valence-corrected chi connectivity index (χ3v) is 4.65. The lowest BCUT2D eigenvalue weighted by atomic mass is 9.87. The standard InChI is InChI=1S/C19H30N4O.HI/c1-14-5-11-17(12-6-14)22-19(20-2)21-13-15-7-9-16(10-8-15)18(24)23(3)4;/h7-10,14,17H,5-6,11-13H2,1-4H3,(H2,20,21,22);1H. The van der Waals surface area contributed by atoms with Crippen molar-refractivity contribution in [3.63, 3.8) is 0 Å². The van der Waals surface area contributed by atoms with E-state index in [1.165, 1.54) is 25.7 Å². The molecule has 1 aliphatic carbocycles. The van der Waals surface area contributed by atoms with Gasteiger partial charge in [0.25, 0.3) is 5.91 Å². The Hall–Kier alpha value is -1.31. The van der Waals surface area contributed by atoms with Crippen LogP contribution in [-0.2, 0) is 6.54 Å². The Morgan fingerprint density at radius 3 is 2.28 bits per heavy atom. The van der Waals surface area contributed by atoms with Crippen LogP contribution in [0.5, 0.6) is 0 Å². The van der Waals surface area contributed by atoms with Crippen molar-refractivity contribution in [2.24, 2.45) is 10.9 Å². The molecule has 0 aromatic heterocycles. The minimum absolute atomic E-state index is 0. The highest BCUT2D eigenvalue weighted by molar-refractivity contribution is 14.0. The lowest BCUT2D eigenvalue weighted by Gasteiger charge is -2.28. The summed E-state index contributed by atoms with van der Waals surface area (Å²) in [4.78, 5) is 17.8. The van der Waals surface area contributed by atoms with Crippen molar-refractivity contribution in [1.82, 2.24) is 15.5 Å². The molecule has 0 unspecified atom stereocenters. The third kappa shape index (κ3) is 6.84. The summed E-state index contributed by atoms with van der Waals surface area (Å²) in [5.74, 6) is 1.72. The Bertz CT molecular complexity index is 563. The molecule has 5 nitrogen and oxygen atoms in total. The number of amides is 1. The van der Waals surface area contributed by atoms with Crippen LogP contribution < -0.4 is 10.6 Å². The van der Waals surface area contributed by atoms with Crippen LogP contribution in [0.4, 0.5) is 0 Å². The molecule has 0 spiro atoms. The summed E-state index contributed by atoms with van der Waals surface area (Å²) < 4.78 is 0. The fourth-order valence-corrected chi connectivity index (χ4v) is 3.00. The number of guanidine groups is 1. The molecule has 1 aromatic carbocycles. The van der Waals surface area contributed by atoms with Crippen molar-refractivity contribution in [2.75, 3.05) is 21.1 Å². The second-order valence-electron chi connectivity index (χ2n) is 6.92. The van der Waals surface area contributed by atoms with E-state index in [2.05, 4.69) is 22.5 Å². The normalized spacial score (nSPS) is 20.4. The van der Waals surface area contributed by atoms with Crippen molar-refractivity contribution in [3.05, 3.63) is 35.4 Å². The van der Waals surface area contributed by atoms with E-state index < -0.39 is 0 Å². The van der Waals surface area contributed by atoms with E-state index >= 15 is 0 Å². The topological polar surface area (TPSA) is 56.7 Å². The monoisotopic (exact) mass is 458 g/mol. The van der Waals surface area contributed by atoms with Crippen LogP contribution in [0.25, 0.3) is 0 Å². The van der Waals surface area contributed by atoms with Gasteiger partial charge < -0.3 is 15.5 Å². The van der Waals surface area contributed by atoms with E-state index in [1.807, 2.05) is 24.3 Å². The first-order valence-electron chi connectivity index (χ1n) is 8.77. The number of benzene rings is 1. The summed E-state index contributed by atoms with van der Waals surface area (Å²) in [6.45, 7) is 3.02. The molecule has 2 rings (SSSR count). The Morgan fingerprint density at radius 1 is 1.16 bits per heavy atom. The van der Waals surface area contributed by atoms with Crippen molar-refractivity contribution in [3.8, 4) is 0 Å². The van der Waals surface area contributed by atoms with E-state index in [9.17, 15) is 4.79 Å². The van der Waals surface area contributed by atoms with Gasteiger partial charge in [-0.15, -0.1) is 24.0 Å². The van der Waals surface area contributed by atoms with Gasteiger partial charge in [0.15, 0.2) is 5.96 Å². The fraction of sp³-hybridized carbons (Fsp3) is 0.579. The Labute approximate surface area is 168 Å². The number of rotatable bonds is 4. The first-order chi connectivity index (χ1) is 11.5. The van der Waals surface area contributed by atoms with Crippen LogP contribution in [-0.4, -0.2) is 44.0 Å². The number of nitrogens with zero attached hydrogens (tertiary/aromatic N) is 2. The first kappa shape index (κ1) is 21.7. The van der Waals surface area contributed by atoms with Gasteiger partial charge in [0.1, 0.15) is 0 Å². The predicted molar refractivity (Wildman–Crippen MR) is 115 cm³/mol. The molecule has 0 aliphatic heterocycles. The van der Waals surface area contributed by atoms with Gasteiger partial charge >= 0.3 is 0 Å². The maximum Gasteiger partial charge on any atom is 0.253 e. The van der Waals surface area contributed by atoms with E-state index in [1.54, 1.807) is 26.0 Å². The van der Waals surface area contributed by atoms with Gasteiger partial charge in [0.2, 0.25) is 0 Å². The van der Waals surface area contributed by atoms with Gasteiger partial charge in [0, 0.05) is 39.3 Å². The minimum atomic E-state index is 0. The highest BCUT2D eigenvalue weighted by Gasteiger charge is 2.18. The lowest BCUT2D eigenvalue weighted by molar-refractivity contribution is 0.0827. The Balaban J connectivity index is 0.00000312. The van der Waals surface area contributed by atoms with Gasteiger partial charge in [0.05, 0.1) is 0 Å². The smallest absolute Gasteiger partial charge is 0.253 e. The molecule has 6 heteroatoms. The number of hydrogen-bond donors (Lipinski definition) is 2. The fourth-order valence-electron chi connectivity index (χ4n) is 3.00. The molecule has 0 radical (unpaired) electrons. The maximum absolute atomic E-state index is 11.9. The van der Waals surface area contributed by atoms with Gasteiger partial charge in [-0.3, -0.25) is 9.79 Å². The average Bonchev–Trinajstić information content (AvgIpc) is 2.60. The number of carbonyl (C=O) groups excluding carboxylic acids is 1. The SMILES string of the molecule is CN=C(NCc1ccc(C(=O)N(C)C)cc1)NC1CCC(C)CC1.I. The predicted octanol–water partition coefficient (Wildman–Crippen LogP) is 3.25. The third-order valence-electron chi connectivity index (χ3n) is 4.65. The summed E-state index contributed by atoms with van der Waals surface area (Å²) in [7, 11) is 5.33. The molecule has 0 saturated heterocycles. The van der Waals surface area contributed by atoms with Gasteiger partial charge in [-0.05, 0) is 49.3 Å². The first-order valence-corrected chi connectivity index (χ1v) is 8.77. The van der Waals surface area contributed by atoms with Gasteiger partial charge in [-0.1, -0.05) is 19.1 Å². The Morgan fingerprint density at radius 2 is 1.76 bits per heavy atom. The molecule has 1 aliphatic rings. The molecule has 140 valence electrons. The summed E-state index contributed by atoms with van der Waals surface area (Å²) in [6, 6.07) is 8.24. The summed E-state index contributed by atoms with van der Waals surface area (Å²) in [6.07, 6.45) is 5.00. The number of aliphatic imine (C=N–C) groups is 1. The summed E-state index contributed by atoms with van der Waals surface area (Å²) in [5, 5.41) is 6.88. The van der Waals surface area contributed by atoms with Crippen molar-refractivity contribution < 1.29 is 4.79 Å². The molecular formula is C19H31IN4O. The van der Waals surface area contributed by atoms with Gasteiger partial charge in [-0.25, -0.2) is 0 Å². The molecular weight excluding hydrogens is 427 g/mol. The highest BCUT2D eigenvalue weighted by atomic mass is 127. The van der Waals surface area contributed by atoms with Gasteiger partial charge in [-0.2, -0.15) is 0 Å². The summed E-state index contributed by atoms with van der Waals surface area (Å²) >= 11 is 0. The Kier molecular flexibility index (Phi) is 9.24. The van der Waals surface area contributed by atoms with Crippen molar-refractivity contribution in [1.29, 1.82) is 0 Å². The largest absolute Gasteiger partial charge is 0.354 e. The number of carbonyl (C=O) groups is 1. The zero-order chi connectivity index (χ0) is 17.5. The zero-order valence-corrected chi connectivity index (χ0v) is 18.0. The molecule has 1 saturated carbocycles. The molecule has 0 bridgehead atoms. The lowest BCUT2D eigenvalue weighted by Crippen LogP contribution is -2.44.